The van der Waals surface area contributed by atoms with E-state index in [2.05, 4.69) is 27.2 Å². The predicted octanol–water partition coefficient (Wildman–Crippen LogP) is 1.90. The van der Waals surface area contributed by atoms with Crippen LogP contribution in [0, 0.1) is 6.92 Å². The molecule has 3 aromatic heterocycles. The number of hydrogen-bond donors (Lipinski definition) is 2. The fraction of sp³-hybridized carbons (Fsp3) is 0.222. The van der Waals surface area contributed by atoms with Crippen molar-refractivity contribution in [1.82, 2.24) is 19.7 Å². The molecule has 128 valence electrons. The van der Waals surface area contributed by atoms with Gasteiger partial charge in [-0.15, -0.1) is 6.58 Å². The van der Waals surface area contributed by atoms with Crippen molar-refractivity contribution < 1.29 is 4.79 Å². The number of amides is 1. The predicted molar refractivity (Wildman–Crippen MR) is 98.2 cm³/mol. The largest absolute Gasteiger partial charge is 0.370 e. The Morgan fingerprint density at radius 1 is 1.36 bits per heavy atom. The van der Waals surface area contributed by atoms with Crippen LogP contribution in [0.4, 0.5) is 5.82 Å². The van der Waals surface area contributed by atoms with E-state index in [-0.39, 0.29) is 11.5 Å². The SMILES string of the molecule is C=CCNC(=O)c1cc2c(=O)n3cc(C)ccc3nc2nc1NCC. The van der Waals surface area contributed by atoms with E-state index in [4.69, 9.17) is 0 Å². The number of nitrogens with one attached hydrogen (secondary N) is 2. The van der Waals surface area contributed by atoms with Gasteiger partial charge in [0.25, 0.3) is 11.5 Å². The fourth-order valence-electron chi connectivity index (χ4n) is 2.57. The molecule has 0 aromatic carbocycles. The third-order valence-electron chi connectivity index (χ3n) is 3.74. The molecule has 3 aromatic rings. The number of anilines is 1. The first-order valence-electron chi connectivity index (χ1n) is 8.02. The Hall–Kier alpha value is -3.22. The standard InChI is InChI=1S/C18H19N5O2/c1-4-8-20-17(24)12-9-13-16(22-15(12)19-5-2)21-14-7-6-11(3)10-23(14)18(13)25/h4,6-7,9-10H,1,5,8H2,2-3H3,(H,19,22)(H,20,24). The van der Waals surface area contributed by atoms with Crippen molar-refractivity contribution in [3.63, 3.8) is 0 Å². The molecule has 0 bridgehead atoms. The van der Waals surface area contributed by atoms with E-state index >= 15 is 0 Å². The molecule has 7 heteroatoms. The van der Waals surface area contributed by atoms with Crippen molar-refractivity contribution in [1.29, 1.82) is 0 Å². The molecule has 7 nitrogen and oxygen atoms in total. The number of pyridine rings is 2. The Morgan fingerprint density at radius 2 is 2.16 bits per heavy atom. The molecule has 3 heterocycles. The molecule has 0 saturated heterocycles. The van der Waals surface area contributed by atoms with Gasteiger partial charge in [-0.2, -0.15) is 0 Å². The molecule has 25 heavy (non-hydrogen) atoms. The normalized spacial score (nSPS) is 10.8. The summed E-state index contributed by atoms with van der Waals surface area (Å²) < 4.78 is 1.47. The molecule has 3 rings (SSSR count). The monoisotopic (exact) mass is 337 g/mol. The maximum absolute atomic E-state index is 12.8. The maximum atomic E-state index is 12.8. The average molecular weight is 337 g/mol. The van der Waals surface area contributed by atoms with Gasteiger partial charge >= 0.3 is 0 Å². The van der Waals surface area contributed by atoms with Crippen molar-refractivity contribution in [2.24, 2.45) is 0 Å². The lowest BCUT2D eigenvalue weighted by Gasteiger charge is -2.11. The summed E-state index contributed by atoms with van der Waals surface area (Å²) in [5.74, 6) is 0.0823. The van der Waals surface area contributed by atoms with E-state index < -0.39 is 0 Å². The summed E-state index contributed by atoms with van der Waals surface area (Å²) in [5.41, 5.74) is 1.82. The van der Waals surface area contributed by atoms with Gasteiger partial charge in [0.15, 0.2) is 5.65 Å². The Kier molecular flexibility index (Phi) is 4.47. The van der Waals surface area contributed by atoms with E-state index in [1.54, 1.807) is 24.4 Å². The van der Waals surface area contributed by atoms with Crippen molar-refractivity contribution in [3.8, 4) is 0 Å². The van der Waals surface area contributed by atoms with Gasteiger partial charge < -0.3 is 10.6 Å². The van der Waals surface area contributed by atoms with E-state index in [9.17, 15) is 9.59 Å². The summed E-state index contributed by atoms with van der Waals surface area (Å²) in [6, 6.07) is 5.20. The summed E-state index contributed by atoms with van der Waals surface area (Å²) >= 11 is 0. The topological polar surface area (TPSA) is 88.4 Å². The van der Waals surface area contributed by atoms with Gasteiger partial charge in [-0.05, 0) is 31.5 Å². The van der Waals surface area contributed by atoms with Gasteiger partial charge in [0.1, 0.15) is 11.5 Å². The first-order valence-corrected chi connectivity index (χ1v) is 8.02. The van der Waals surface area contributed by atoms with Crippen LogP contribution in [0.2, 0.25) is 0 Å². The van der Waals surface area contributed by atoms with Gasteiger partial charge in [-0.25, -0.2) is 9.97 Å². The second-order valence-corrected chi connectivity index (χ2v) is 5.64. The van der Waals surface area contributed by atoms with Gasteiger partial charge in [-0.3, -0.25) is 14.0 Å². The van der Waals surface area contributed by atoms with Crippen LogP contribution < -0.4 is 16.2 Å². The van der Waals surface area contributed by atoms with E-state index in [1.165, 1.54) is 4.40 Å². The van der Waals surface area contributed by atoms with Gasteiger partial charge in [0, 0.05) is 19.3 Å². The molecule has 0 aliphatic heterocycles. The van der Waals surface area contributed by atoms with Crippen LogP contribution in [0.25, 0.3) is 16.7 Å². The Morgan fingerprint density at radius 3 is 2.88 bits per heavy atom. The van der Waals surface area contributed by atoms with E-state index in [1.807, 2.05) is 19.9 Å². The lowest BCUT2D eigenvalue weighted by atomic mass is 10.2. The average Bonchev–Trinajstić information content (AvgIpc) is 2.60. The number of rotatable bonds is 5. The maximum Gasteiger partial charge on any atom is 0.267 e. The van der Waals surface area contributed by atoms with Crippen molar-refractivity contribution >= 4 is 28.4 Å². The first-order chi connectivity index (χ1) is 12.0. The molecule has 0 radical (unpaired) electrons. The molecule has 0 atom stereocenters. The number of hydrogen-bond acceptors (Lipinski definition) is 5. The molecular formula is C18H19N5O2. The quantitative estimate of drug-likeness (QED) is 0.548. The molecule has 0 aliphatic carbocycles. The molecule has 0 saturated carbocycles. The number of fused-ring (bicyclic) bond motifs is 2. The van der Waals surface area contributed by atoms with Crippen LogP contribution in [0.5, 0.6) is 0 Å². The van der Waals surface area contributed by atoms with Crippen LogP contribution in [0.3, 0.4) is 0 Å². The number of aryl methyl sites for hydroxylation is 1. The first kappa shape index (κ1) is 16.6. The highest BCUT2D eigenvalue weighted by atomic mass is 16.1. The second kappa shape index (κ2) is 6.72. The van der Waals surface area contributed by atoms with Crippen molar-refractivity contribution in [2.45, 2.75) is 13.8 Å². The summed E-state index contributed by atoms with van der Waals surface area (Å²) in [5, 5.41) is 6.07. The zero-order valence-corrected chi connectivity index (χ0v) is 14.2. The number of nitrogens with zero attached hydrogens (tertiary/aromatic N) is 3. The Bertz CT molecular complexity index is 1040. The number of carbonyl (C=O) groups is 1. The minimum absolute atomic E-state index is 0.253. The van der Waals surface area contributed by atoms with E-state index in [0.29, 0.717) is 41.2 Å². The highest BCUT2D eigenvalue weighted by Gasteiger charge is 2.17. The highest BCUT2D eigenvalue weighted by molar-refractivity contribution is 6.01. The molecule has 0 unspecified atom stereocenters. The van der Waals surface area contributed by atoms with E-state index in [0.717, 1.165) is 5.56 Å². The molecule has 1 amide bonds. The highest BCUT2D eigenvalue weighted by Crippen LogP contribution is 2.18. The van der Waals surface area contributed by atoms with Crippen LogP contribution in [0.15, 0.2) is 41.8 Å². The molecular weight excluding hydrogens is 318 g/mol. The minimum atomic E-state index is -0.320. The summed E-state index contributed by atoms with van der Waals surface area (Å²) in [4.78, 5) is 34.1. The third kappa shape index (κ3) is 3.08. The fourth-order valence-corrected chi connectivity index (χ4v) is 2.57. The zero-order chi connectivity index (χ0) is 18.0. The number of carbonyl (C=O) groups excluding carboxylic acids is 1. The summed E-state index contributed by atoms with van der Waals surface area (Å²) in [6.07, 6.45) is 3.31. The van der Waals surface area contributed by atoms with Crippen LogP contribution >= 0.6 is 0 Å². The molecule has 2 N–H and O–H groups in total. The lowest BCUT2D eigenvalue weighted by Crippen LogP contribution is -2.26. The zero-order valence-electron chi connectivity index (χ0n) is 14.2. The van der Waals surface area contributed by atoms with Crippen LogP contribution in [-0.4, -0.2) is 33.4 Å². The molecule has 0 aliphatic rings. The Balaban J connectivity index is 2.28. The lowest BCUT2D eigenvalue weighted by molar-refractivity contribution is 0.0958. The number of aromatic nitrogens is 3. The molecule has 0 fully saturated rings. The minimum Gasteiger partial charge on any atom is -0.370 e. The van der Waals surface area contributed by atoms with Gasteiger partial charge in [0.05, 0.1) is 10.9 Å². The third-order valence-corrected chi connectivity index (χ3v) is 3.74. The van der Waals surface area contributed by atoms with Gasteiger partial charge in [0.2, 0.25) is 0 Å². The van der Waals surface area contributed by atoms with Crippen molar-refractivity contribution in [2.75, 3.05) is 18.4 Å². The smallest absolute Gasteiger partial charge is 0.267 e. The van der Waals surface area contributed by atoms with Crippen molar-refractivity contribution in [3.05, 3.63) is 58.5 Å². The van der Waals surface area contributed by atoms with Crippen LogP contribution in [0.1, 0.15) is 22.8 Å². The van der Waals surface area contributed by atoms with Crippen LogP contribution in [-0.2, 0) is 0 Å². The molecule has 0 spiro atoms. The van der Waals surface area contributed by atoms with Gasteiger partial charge in [-0.1, -0.05) is 12.1 Å². The Labute approximate surface area is 144 Å². The second-order valence-electron chi connectivity index (χ2n) is 5.64. The summed E-state index contributed by atoms with van der Waals surface area (Å²) in [7, 11) is 0. The summed E-state index contributed by atoms with van der Waals surface area (Å²) in [6.45, 7) is 8.31.